The molecule has 0 radical (unpaired) electrons. The number of rotatable bonds is 3. The van der Waals surface area contributed by atoms with Crippen LogP contribution in [0.2, 0.25) is 0 Å². The third-order valence-corrected chi connectivity index (χ3v) is 6.53. The molecule has 1 spiro atoms. The number of nitrogens with zero attached hydrogens (tertiary/aromatic N) is 2. The second-order valence-corrected chi connectivity index (χ2v) is 8.59. The largest absolute Gasteiger partial charge is 0.379 e. The van der Waals surface area contributed by atoms with Gasteiger partial charge in [-0.2, -0.15) is 0 Å². The van der Waals surface area contributed by atoms with Gasteiger partial charge < -0.3 is 19.4 Å². The first-order valence-corrected chi connectivity index (χ1v) is 10.5. The van der Waals surface area contributed by atoms with Crippen molar-refractivity contribution in [1.82, 2.24) is 14.8 Å². The third-order valence-electron chi connectivity index (χ3n) is 6.53. The van der Waals surface area contributed by atoms with Gasteiger partial charge in [-0.05, 0) is 49.4 Å². The number of hydrogen-bond acceptors (Lipinski definition) is 4. The summed E-state index contributed by atoms with van der Waals surface area (Å²) in [5.41, 5.74) is 1.69. The van der Waals surface area contributed by atoms with Crippen LogP contribution in [0.25, 0.3) is 10.9 Å². The lowest BCUT2D eigenvalue weighted by Gasteiger charge is -2.40. The molecule has 1 aromatic heterocycles. The number of morpholine rings is 1. The Balaban J connectivity index is 1.24. The molecular formula is C22H29N3O3. The molecule has 4 heterocycles. The topological polar surface area (TPSA) is 57.8 Å². The molecule has 5 rings (SSSR count). The number of H-pyrrole nitrogens is 1. The predicted molar refractivity (Wildman–Crippen MR) is 107 cm³/mol. The molecule has 1 amide bonds. The second-order valence-electron chi connectivity index (χ2n) is 8.59. The molecule has 0 bridgehead atoms. The molecule has 2 aromatic rings. The molecule has 3 saturated heterocycles. The van der Waals surface area contributed by atoms with Gasteiger partial charge in [0.1, 0.15) is 0 Å². The number of aromatic amines is 1. The van der Waals surface area contributed by atoms with Crippen LogP contribution < -0.4 is 0 Å². The number of nitrogens with one attached hydrogen (secondary N) is 1. The van der Waals surface area contributed by atoms with Crippen LogP contribution in [0.5, 0.6) is 0 Å². The minimum Gasteiger partial charge on any atom is -0.379 e. The molecular weight excluding hydrogens is 354 g/mol. The summed E-state index contributed by atoms with van der Waals surface area (Å²) in [6.07, 6.45) is 5.05. The van der Waals surface area contributed by atoms with Crippen LogP contribution in [0.15, 0.2) is 30.5 Å². The number of ether oxygens (including phenoxy) is 2. The van der Waals surface area contributed by atoms with E-state index >= 15 is 0 Å². The van der Waals surface area contributed by atoms with Gasteiger partial charge in [-0.25, -0.2) is 0 Å². The Hall–Kier alpha value is -1.89. The fraction of sp³-hybridized carbons (Fsp3) is 0.591. The summed E-state index contributed by atoms with van der Waals surface area (Å²) in [5.74, 6) is 0.687. The molecule has 3 fully saturated rings. The summed E-state index contributed by atoms with van der Waals surface area (Å²) in [5, 5.41) is 1.08. The van der Waals surface area contributed by atoms with E-state index < -0.39 is 0 Å². The first-order chi connectivity index (χ1) is 13.7. The van der Waals surface area contributed by atoms with E-state index in [1.54, 1.807) is 0 Å². The van der Waals surface area contributed by atoms with Crippen molar-refractivity contribution in [3.8, 4) is 0 Å². The highest BCUT2D eigenvalue weighted by atomic mass is 16.5. The van der Waals surface area contributed by atoms with Gasteiger partial charge in [0.05, 0.1) is 25.4 Å². The van der Waals surface area contributed by atoms with Gasteiger partial charge in [0.15, 0.2) is 0 Å². The molecule has 28 heavy (non-hydrogen) atoms. The summed E-state index contributed by atoms with van der Waals surface area (Å²) >= 11 is 0. The summed E-state index contributed by atoms with van der Waals surface area (Å²) in [7, 11) is 0. The number of fused-ring (bicyclic) bond motifs is 1. The average molecular weight is 383 g/mol. The lowest BCUT2D eigenvalue weighted by atomic mass is 9.86. The van der Waals surface area contributed by atoms with Crippen molar-refractivity contribution >= 4 is 16.8 Å². The molecule has 1 N–H and O–H groups in total. The maximum Gasteiger partial charge on any atom is 0.253 e. The van der Waals surface area contributed by atoms with Crippen LogP contribution in [-0.2, 0) is 9.47 Å². The Kier molecular flexibility index (Phi) is 4.87. The van der Waals surface area contributed by atoms with Crippen LogP contribution in [-0.4, -0.2) is 78.8 Å². The van der Waals surface area contributed by atoms with Gasteiger partial charge >= 0.3 is 0 Å². The lowest BCUT2D eigenvalue weighted by molar-refractivity contribution is -0.0451. The van der Waals surface area contributed by atoms with Gasteiger partial charge in [0.2, 0.25) is 0 Å². The van der Waals surface area contributed by atoms with Crippen LogP contribution >= 0.6 is 0 Å². The summed E-state index contributed by atoms with van der Waals surface area (Å²) in [6.45, 7) is 7.17. The lowest BCUT2D eigenvalue weighted by Crippen LogP contribution is -2.50. The fourth-order valence-corrected chi connectivity index (χ4v) is 5.13. The van der Waals surface area contributed by atoms with Crippen LogP contribution in [0, 0.1) is 5.92 Å². The molecule has 0 unspecified atom stereocenters. The Labute approximate surface area is 165 Å². The van der Waals surface area contributed by atoms with E-state index in [2.05, 4.69) is 9.88 Å². The Morgan fingerprint density at radius 3 is 3.00 bits per heavy atom. The maximum atomic E-state index is 13.1. The summed E-state index contributed by atoms with van der Waals surface area (Å²) in [4.78, 5) is 20.8. The smallest absolute Gasteiger partial charge is 0.253 e. The van der Waals surface area contributed by atoms with Crippen molar-refractivity contribution in [2.24, 2.45) is 5.92 Å². The fourth-order valence-electron chi connectivity index (χ4n) is 5.13. The molecule has 0 saturated carbocycles. The van der Waals surface area contributed by atoms with Crippen LogP contribution in [0.1, 0.15) is 29.6 Å². The zero-order valence-corrected chi connectivity index (χ0v) is 16.4. The van der Waals surface area contributed by atoms with E-state index in [4.69, 9.17) is 9.47 Å². The Morgan fingerprint density at radius 2 is 2.11 bits per heavy atom. The molecule has 2 atom stereocenters. The summed E-state index contributed by atoms with van der Waals surface area (Å²) < 4.78 is 11.8. The quantitative estimate of drug-likeness (QED) is 0.885. The van der Waals surface area contributed by atoms with Gasteiger partial charge in [0, 0.05) is 55.4 Å². The number of carbonyl (C=O) groups excluding carboxylic acids is 1. The normalized spacial score (nSPS) is 29.0. The van der Waals surface area contributed by atoms with Crippen molar-refractivity contribution in [2.45, 2.75) is 24.9 Å². The van der Waals surface area contributed by atoms with Crippen LogP contribution in [0.3, 0.4) is 0 Å². The highest BCUT2D eigenvalue weighted by Gasteiger charge is 2.44. The van der Waals surface area contributed by atoms with Crippen molar-refractivity contribution in [2.75, 3.05) is 52.5 Å². The van der Waals surface area contributed by atoms with Gasteiger partial charge in [0.25, 0.3) is 5.91 Å². The van der Waals surface area contributed by atoms with Crippen molar-refractivity contribution in [1.29, 1.82) is 0 Å². The highest BCUT2D eigenvalue weighted by molar-refractivity contribution is 5.98. The number of amides is 1. The standard InChI is InChI=1S/C22H29N3O3/c26-21(19-2-3-20-18(12-19)4-6-23-20)25-7-1-5-22(16-25)13-17(15-28-22)14-24-8-10-27-11-9-24/h2-4,6,12,17,23H,1,5,7-11,13-16H2/t17-,22+/m0/s1. The number of aromatic nitrogens is 1. The van der Waals surface area contributed by atoms with Gasteiger partial charge in [-0.3, -0.25) is 9.69 Å². The minimum atomic E-state index is -0.150. The van der Waals surface area contributed by atoms with E-state index in [-0.39, 0.29) is 11.5 Å². The number of hydrogen-bond donors (Lipinski definition) is 1. The van der Waals surface area contributed by atoms with E-state index in [1.807, 2.05) is 35.4 Å². The van der Waals surface area contributed by atoms with Crippen molar-refractivity contribution in [3.63, 3.8) is 0 Å². The molecule has 0 aliphatic carbocycles. The zero-order valence-electron chi connectivity index (χ0n) is 16.4. The highest BCUT2D eigenvalue weighted by Crippen LogP contribution is 2.38. The van der Waals surface area contributed by atoms with Crippen molar-refractivity contribution in [3.05, 3.63) is 36.0 Å². The molecule has 6 nitrogen and oxygen atoms in total. The maximum absolute atomic E-state index is 13.1. The third kappa shape index (κ3) is 3.56. The molecule has 3 aliphatic rings. The molecule has 3 aliphatic heterocycles. The molecule has 1 aromatic carbocycles. The molecule has 150 valence electrons. The Morgan fingerprint density at radius 1 is 1.21 bits per heavy atom. The van der Waals surface area contributed by atoms with Gasteiger partial charge in [-0.15, -0.1) is 0 Å². The van der Waals surface area contributed by atoms with E-state index in [1.165, 1.54) is 0 Å². The van der Waals surface area contributed by atoms with Gasteiger partial charge in [-0.1, -0.05) is 0 Å². The number of carbonyl (C=O) groups is 1. The van der Waals surface area contributed by atoms with E-state index in [0.717, 1.165) is 88.3 Å². The number of piperidine rings is 1. The van der Waals surface area contributed by atoms with Crippen LogP contribution in [0.4, 0.5) is 0 Å². The Bertz CT molecular complexity index is 844. The monoisotopic (exact) mass is 383 g/mol. The average Bonchev–Trinajstić information content (AvgIpc) is 3.35. The predicted octanol–water partition coefficient (Wildman–Crippen LogP) is 2.51. The summed E-state index contributed by atoms with van der Waals surface area (Å²) in [6, 6.07) is 7.93. The van der Waals surface area contributed by atoms with E-state index in [9.17, 15) is 4.79 Å². The number of benzene rings is 1. The minimum absolute atomic E-state index is 0.127. The first-order valence-electron chi connectivity index (χ1n) is 10.5. The number of likely N-dealkylation sites (tertiary alicyclic amines) is 1. The van der Waals surface area contributed by atoms with Crippen molar-refractivity contribution < 1.29 is 14.3 Å². The van der Waals surface area contributed by atoms with E-state index in [0.29, 0.717) is 5.92 Å². The SMILES string of the molecule is O=C(c1ccc2[nH]ccc2c1)N1CCC[C@@]2(C[C@@H](CN3CCOCC3)CO2)C1. The zero-order chi connectivity index (χ0) is 19.0. The molecule has 6 heteroatoms. The first kappa shape index (κ1) is 18.2. The second kappa shape index (κ2) is 7.50.